The van der Waals surface area contributed by atoms with Crippen LogP contribution >= 0.6 is 0 Å². The summed E-state index contributed by atoms with van der Waals surface area (Å²) in [5, 5.41) is 17.8. The number of oxime groups is 1. The fraction of sp³-hybridized carbons (Fsp3) is 0.444. The molecule has 1 unspecified atom stereocenters. The van der Waals surface area contributed by atoms with Gasteiger partial charge in [-0.25, -0.2) is 0 Å². The van der Waals surface area contributed by atoms with Crippen LogP contribution in [0.3, 0.4) is 0 Å². The monoisotopic (exact) mass is 225 g/mol. The zero-order valence-corrected chi connectivity index (χ0v) is 9.00. The summed E-state index contributed by atoms with van der Waals surface area (Å²) in [5.74, 6) is -0.390. The fourth-order valence-electron chi connectivity index (χ4n) is 1.26. The summed E-state index contributed by atoms with van der Waals surface area (Å²) in [6.45, 7) is 2.43. The first-order valence-corrected chi connectivity index (χ1v) is 4.85. The maximum Gasteiger partial charge on any atom is 0.227 e. The molecular weight excluding hydrogens is 210 g/mol. The van der Waals surface area contributed by atoms with Crippen molar-refractivity contribution in [2.75, 3.05) is 0 Å². The number of carbonyl (C=O) groups excluding carboxylic acids is 1. The molecule has 0 bridgehead atoms. The van der Waals surface area contributed by atoms with Gasteiger partial charge in [-0.05, 0) is 13.0 Å². The Morgan fingerprint density at radius 2 is 2.50 bits per heavy atom. The van der Waals surface area contributed by atoms with Crippen molar-refractivity contribution in [2.24, 2.45) is 10.9 Å². The zero-order chi connectivity index (χ0) is 12.0. The summed E-state index contributed by atoms with van der Waals surface area (Å²) in [6.07, 6.45) is 3.37. The maximum absolute atomic E-state index is 11.3. The second kappa shape index (κ2) is 5.74. The van der Waals surface area contributed by atoms with E-state index in [-0.39, 0.29) is 24.2 Å². The van der Waals surface area contributed by atoms with Crippen LogP contribution in [0, 0.1) is 0 Å². The molecule has 4 N–H and O–H groups in total. The molecule has 1 heterocycles. The predicted molar refractivity (Wildman–Crippen MR) is 57.9 cm³/mol. The van der Waals surface area contributed by atoms with Gasteiger partial charge < -0.3 is 16.3 Å². The Labute approximate surface area is 92.9 Å². The van der Waals surface area contributed by atoms with Crippen molar-refractivity contribution in [3.8, 4) is 0 Å². The molecular formula is C9H15N5O2. The molecule has 1 amide bonds. The summed E-state index contributed by atoms with van der Waals surface area (Å²) < 4.78 is 1.72. The number of nitrogens with one attached hydrogen (secondary N) is 1. The second-order valence-corrected chi connectivity index (χ2v) is 3.46. The Bertz CT molecular complexity index is 360. The number of hydrogen-bond acceptors (Lipinski definition) is 4. The molecule has 7 heteroatoms. The van der Waals surface area contributed by atoms with Gasteiger partial charge in [-0.2, -0.15) is 5.10 Å². The third-order valence-electron chi connectivity index (χ3n) is 1.90. The van der Waals surface area contributed by atoms with Gasteiger partial charge in [-0.1, -0.05) is 5.16 Å². The van der Waals surface area contributed by atoms with Crippen molar-refractivity contribution < 1.29 is 10.0 Å². The van der Waals surface area contributed by atoms with Gasteiger partial charge in [0.2, 0.25) is 5.91 Å². The molecule has 1 atom stereocenters. The molecule has 0 aliphatic carbocycles. The molecule has 0 aliphatic rings. The van der Waals surface area contributed by atoms with Crippen molar-refractivity contribution in [3.63, 3.8) is 0 Å². The van der Waals surface area contributed by atoms with Crippen LogP contribution in [0.15, 0.2) is 23.6 Å². The minimum Gasteiger partial charge on any atom is -0.409 e. The molecule has 1 rings (SSSR count). The van der Waals surface area contributed by atoms with Crippen LogP contribution in [0.1, 0.15) is 13.3 Å². The third-order valence-corrected chi connectivity index (χ3v) is 1.90. The minimum atomic E-state index is -0.282. The molecule has 0 aromatic carbocycles. The molecule has 16 heavy (non-hydrogen) atoms. The highest BCUT2D eigenvalue weighted by molar-refractivity contribution is 5.98. The average Bonchev–Trinajstić information content (AvgIpc) is 2.69. The Hall–Kier alpha value is -2.05. The van der Waals surface area contributed by atoms with Gasteiger partial charge in [-0.15, -0.1) is 0 Å². The lowest BCUT2D eigenvalue weighted by Crippen LogP contribution is -2.37. The Balaban J connectivity index is 2.34. The van der Waals surface area contributed by atoms with E-state index in [0.717, 1.165) is 0 Å². The first kappa shape index (κ1) is 12.0. The molecule has 88 valence electrons. The lowest BCUT2D eigenvalue weighted by atomic mass is 10.3. The predicted octanol–water partition coefficient (Wildman–Crippen LogP) is -0.476. The Morgan fingerprint density at radius 3 is 3.06 bits per heavy atom. The van der Waals surface area contributed by atoms with Crippen LogP contribution in [0.25, 0.3) is 0 Å². The second-order valence-electron chi connectivity index (χ2n) is 3.46. The van der Waals surface area contributed by atoms with Crippen molar-refractivity contribution in [1.29, 1.82) is 0 Å². The first-order valence-electron chi connectivity index (χ1n) is 4.85. The van der Waals surface area contributed by atoms with E-state index in [4.69, 9.17) is 10.9 Å². The highest BCUT2D eigenvalue weighted by Gasteiger charge is 2.09. The van der Waals surface area contributed by atoms with Gasteiger partial charge >= 0.3 is 0 Å². The largest absolute Gasteiger partial charge is 0.409 e. The van der Waals surface area contributed by atoms with Crippen LogP contribution in [0.4, 0.5) is 0 Å². The van der Waals surface area contributed by atoms with E-state index in [2.05, 4.69) is 15.6 Å². The Morgan fingerprint density at radius 1 is 1.75 bits per heavy atom. The quantitative estimate of drug-likeness (QED) is 0.272. The molecule has 0 saturated heterocycles. The number of nitrogens with two attached hydrogens (primary N) is 1. The summed E-state index contributed by atoms with van der Waals surface area (Å²) >= 11 is 0. The molecule has 0 aliphatic heterocycles. The molecule has 0 spiro atoms. The SMILES string of the molecule is CC(Cn1cccn1)NC(=O)CC(N)=NO. The lowest BCUT2D eigenvalue weighted by molar-refractivity contribution is -0.120. The van der Waals surface area contributed by atoms with Crippen LogP contribution in [-0.4, -0.2) is 32.8 Å². The molecule has 1 aromatic heterocycles. The molecule has 1 aromatic rings. The van der Waals surface area contributed by atoms with E-state index >= 15 is 0 Å². The van der Waals surface area contributed by atoms with Crippen molar-refractivity contribution in [1.82, 2.24) is 15.1 Å². The lowest BCUT2D eigenvalue weighted by Gasteiger charge is -2.13. The summed E-state index contributed by atoms with van der Waals surface area (Å²) in [6, 6.07) is 1.74. The topological polar surface area (TPSA) is 106 Å². The van der Waals surface area contributed by atoms with Crippen molar-refractivity contribution in [2.45, 2.75) is 25.9 Å². The van der Waals surface area contributed by atoms with E-state index in [0.29, 0.717) is 6.54 Å². The number of amidine groups is 1. The normalized spacial score (nSPS) is 13.4. The first-order chi connectivity index (χ1) is 7.61. The average molecular weight is 225 g/mol. The smallest absolute Gasteiger partial charge is 0.227 e. The maximum atomic E-state index is 11.3. The van der Waals surface area contributed by atoms with Crippen LogP contribution in [0.5, 0.6) is 0 Å². The van der Waals surface area contributed by atoms with Gasteiger partial charge in [0.15, 0.2) is 0 Å². The minimum absolute atomic E-state index is 0.0705. The van der Waals surface area contributed by atoms with Gasteiger partial charge in [0.25, 0.3) is 0 Å². The summed E-state index contributed by atoms with van der Waals surface area (Å²) in [4.78, 5) is 11.3. The number of amides is 1. The zero-order valence-electron chi connectivity index (χ0n) is 9.00. The van der Waals surface area contributed by atoms with E-state index in [1.54, 1.807) is 10.9 Å². The van der Waals surface area contributed by atoms with E-state index in [9.17, 15) is 4.79 Å². The van der Waals surface area contributed by atoms with Crippen LogP contribution in [-0.2, 0) is 11.3 Å². The molecule has 0 saturated carbocycles. The van der Waals surface area contributed by atoms with E-state index in [1.807, 2.05) is 19.2 Å². The standard InChI is InChI=1S/C9H15N5O2/c1-7(6-14-4-2-3-11-14)12-9(15)5-8(10)13-16/h2-4,7,16H,5-6H2,1H3,(H2,10,13)(H,12,15). The number of aromatic nitrogens is 2. The number of carbonyl (C=O) groups is 1. The van der Waals surface area contributed by atoms with E-state index in [1.165, 1.54) is 0 Å². The highest BCUT2D eigenvalue weighted by atomic mass is 16.4. The molecule has 0 fully saturated rings. The van der Waals surface area contributed by atoms with Crippen molar-refractivity contribution >= 4 is 11.7 Å². The van der Waals surface area contributed by atoms with Gasteiger partial charge in [0.05, 0.1) is 13.0 Å². The van der Waals surface area contributed by atoms with Crippen LogP contribution < -0.4 is 11.1 Å². The van der Waals surface area contributed by atoms with Gasteiger partial charge in [-0.3, -0.25) is 9.48 Å². The molecule has 7 nitrogen and oxygen atoms in total. The number of nitrogens with zero attached hydrogens (tertiary/aromatic N) is 3. The van der Waals surface area contributed by atoms with Crippen molar-refractivity contribution in [3.05, 3.63) is 18.5 Å². The summed E-state index contributed by atoms with van der Waals surface area (Å²) in [7, 11) is 0. The Kier molecular flexibility index (Phi) is 4.31. The highest BCUT2D eigenvalue weighted by Crippen LogP contribution is 1.91. The van der Waals surface area contributed by atoms with E-state index < -0.39 is 0 Å². The van der Waals surface area contributed by atoms with Gasteiger partial charge in [0, 0.05) is 18.4 Å². The fourth-order valence-corrected chi connectivity index (χ4v) is 1.26. The third kappa shape index (κ3) is 3.99. The number of rotatable bonds is 5. The molecule has 0 radical (unpaired) electrons. The number of hydrogen-bond donors (Lipinski definition) is 3. The van der Waals surface area contributed by atoms with Gasteiger partial charge in [0.1, 0.15) is 5.84 Å². The summed E-state index contributed by atoms with van der Waals surface area (Å²) in [5.41, 5.74) is 5.21. The van der Waals surface area contributed by atoms with Crippen LogP contribution in [0.2, 0.25) is 0 Å².